The number of thioether (sulfide) groups is 1. The first-order valence-corrected chi connectivity index (χ1v) is 9.37. The SMILES string of the molecule is CC(C)NCc1cccc(SCC(O)COCc2ccccc2)c1. The molecular weight excluding hydrogens is 318 g/mol. The van der Waals surface area contributed by atoms with Gasteiger partial charge in [0, 0.05) is 23.2 Å². The predicted molar refractivity (Wildman–Crippen MR) is 101 cm³/mol. The Bertz CT molecular complexity index is 589. The highest BCUT2D eigenvalue weighted by atomic mass is 32.2. The summed E-state index contributed by atoms with van der Waals surface area (Å²) in [5.74, 6) is 0.635. The van der Waals surface area contributed by atoms with Crippen molar-refractivity contribution in [2.45, 2.75) is 44.0 Å². The molecular formula is C20H27NO2S. The van der Waals surface area contributed by atoms with Crippen LogP contribution in [0, 0.1) is 0 Å². The van der Waals surface area contributed by atoms with Crippen LogP contribution in [0.3, 0.4) is 0 Å². The number of hydrogen-bond donors (Lipinski definition) is 2. The van der Waals surface area contributed by atoms with E-state index in [2.05, 4.69) is 43.4 Å². The molecule has 0 saturated heterocycles. The van der Waals surface area contributed by atoms with Gasteiger partial charge in [-0.3, -0.25) is 0 Å². The number of ether oxygens (including phenoxy) is 1. The van der Waals surface area contributed by atoms with Crippen molar-refractivity contribution in [2.75, 3.05) is 12.4 Å². The van der Waals surface area contributed by atoms with Crippen molar-refractivity contribution in [1.82, 2.24) is 5.32 Å². The molecule has 130 valence electrons. The van der Waals surface area contributed by atoms with E-state index in [0.717, 1.165) is 12.1 Å². The van der Waals surface area contributed by atoms with Gasteiger partial charge in [-0.15, -0.1) is 11.8 Å². The van der Waals surface area contributed by atoms with Crippen LogP contribution in [-0.4, -0.2) is 29.6 Å². The predicted octanol–water partition coefficient (Wildman–Crippen LogP) is 3.85. The van der Waals surface area contributed by atoms with Gasteiger partial charge in [0.05, 0.1) is 19.3 Å². The van der Waals surface area contributed by atoms with E-state index in [1.807, 2.05) is 30.3 Å². The number of aliphatic hydroxyl groups excluding tert-OH is 1. The van der Waals surface area contributed by atoms with Gasteiger partial charge in [-0.05, 0) is 23.3 Å². The zero-order chi connectivity index (χ0) is 17.2. The van der Waals surface area contributed by atoms with Gasteiger partial charge in [0.15, 0.2) is 0 Å². The maximum Gasteiger partial charge on any atom is 0.0867 e. The molecule has 0 bridgehead atoms. The summed E-state index contributed by atoms with van der Waals surface area (Å²) in [5, 5.41) is 13.5. The molecule has 1 unspecified atom stereocenters. The summed E-state index contributed by atoms with van der Waals surface area (Å²) in [6, 6.07) is 19.0. The third-order valence-corrected chi connectivity index (χ3v) is 4.62. The summed E-state index contributed by atoms with van der Waals surface area (Å²) >= 11 is 1.67. The van der Waals surface area contributed by atoms with E-state index in [1.165, 1.54) is 10.5 Å². The molecule has 2 N–H and O–H groups in total. The fourth-order valence-electron chi connectivity index (χ4n) is 2.19. The second-order valence-electron chi connectivity index (χ2n) is 6.15. The second-order valence-corrected chi connectivity index (χ2v) is 7.24. The Morgan fingerprint density at radius 3 is 2.54 bits per heavy atom. The smallest absolute Gasteiger partial charge is 0.0867 e. The van der Waals surface area contributed by atoms with Gasteiger partial charge in [-0.25, -0.2) is 0 Å². The molecule has 24 heavy (non-hydrogen) atoms. The van der Waals surface area contributed by atoms with E-state index >= 15 is 0 Å². The average molecular weight is 346 g/mol. The molecule has 0 aliphatic carbocycles. The minimum atomic E-state index is -0.462. The van der Waals surface area contributed by atoms with Crippen molar-refractivity contribution in [3.8, 4) is 0 Å². The maximum atomic E-state index is 10.1. The molecule has 1 atom stereocenters. The van der Waals surface area contributed by atoms with E-state index < -0.39 is 6.10 Å². The van der Waals surface area contributed by atoms with E-state index in [-0.39, 0.29) is 0 Å². The molecule has 0 heterocycles. The van der Waals surface area contributed by atoms with Gasteiger partial charge < -0.3 is 15.2 Å². The molecule has 0 saturated carbocycles. The van der Waals surface area contributed by atoms with Crippen LogP contribution < -0.4 is 5.32 Å². The first-order chi connectivity index (χ1) is 11.6. The van der Waals surface area contributed by atoms with Gasteiger partial charge in [-0.1, -0.05) is 56.3 Å². The molecule has 0 spiro atoms. The van der Waals surface area contributed by atoms with Gasteiger partial charge in [0.1, 0.15) is 0 Å². The Morgan fingerprint density at radius 1 is 1.04 bits per heavy atom. The van der Waals surface area contributed by atoms with Crippen LogP contribution in [0.25, 0.3) is 0 Å². The number of rotatable bonds is 10. The lowest BCUT2D eigenvalue weighted by atomic mass is 10.2. The monoisotopic (exact) mass is 345 g/mol. The van der Waals surface area contributed by atoms with Crippen molar-refractivity contribution < 1.29 is 9.84 Å². The van der Waals surface area contributed by atoms with Crippen molar-refractivity contribution >= 4 is 11.8 Å². The third kappa shape index (κ3) is 7.49. The first-order valence-electron chi connectivity index (χ1n) is 8.38. The summed E-state index contributed by atoms with van der Waals surface area (Å²) in [5.41, 5.74) is 2.39. The van der Waals surface area contributed by atoms with Crippen LogP contribution >= 0.6 is 11.8 Å². The molecule has 0 radical (unpaired) electrons. The quantitative estimate of drug-likeness (QED) is 0.642. The molecule has 0 amide bonds. The van der Waals surface area contributed by atoms with Crippen molar-refractivity contribution in [2.24, 2.45) is 0 Å². The second kappa shape index (κ2) is 10.5. The van der Waals surface area contributed by atoms with Gasteiger partial charge in [-0.2, -0.15) is 0 Å². The van der Waals surface area contributed by atoms with Crippen LogP contribution in [0.4, 0.5) is 0 Å². The highest BCUT2D eigenvalue weighted by Gasteiger charge is 2.06. The molecule has 2 aromatic rings. The van der Waals surface area contributed by atoms with E-state index in [4.69, 9.17) is 4.74 Å². The Kier molecular flexibility index (Phi) is 8.33. The molecule has 3 nitrogen and oxygen atoms in total. The first kappa shape index (κ1) is 19.0. The molecule has 0 aliphatic heterocycles. The average Bonchev–Trinajstić information content (AvgIpc) is 2.59. The maximum absolute atomic E-state index is 10.1. The minimum Gasteiger partial charge on any atom is -0.390 e. The van der Waals surface area contributed by atoms with Gasteiger partial charge in [0.2, 0.25) is 0 Å². The van der Waals surface area contributed by atoms with Crippen LogP contribution in [0.15, 0.2) is 59.5 Å². The van der Waals surface area contributed by atoms with Crippen LogP contribution in [0.1, 0.15) is 25.0 Å². The molecule has 2 rings (SSSR count). The number of hydrogen-bond acceptors (Lipinski definition) is 4. The summed E-state index contributed by atoms with van der Waals surface area (Å²) < 4.78 is 5.59. The van der Waals surface area contributed by atoms with Crippen LogP contribution in [-0.2, 0) is 17.9 Å². The summed E-state index contributed by atoms with van der Waals surface area (Å²) in [6.07, 6.45) is -0.462. The zero-order valence-electron chi connectivity index (χ0n) is 14.4. The highest BCUT2D eigenvalue weighted by molar-refractivity contribution is 7.99. The van der Waals surface area contributed by atoms with E-state index in [1.54, 1.807) is 11.8 Å². The molecule has 0 aromatic heterocycles. The Labute approximate surface area is 149 Å². The Balaban J connectivity index is 1.69. The highest BCUT2D eigenvalue weighted by Crippen LogP contribution is 2.20. The largest absolute Gasteiger partial charge is 0.390 e. The summed E-state index contributed by atoms with van der Waals surface area (Å²) in [6.45, 7) is 6.05. The van der Waals surface area contributed by atoms with Gasteiger partial charge in [0.25, 0.3) is 0 Å². The molecule has 2 aromatic carbocycles. The lowest BCUT2D eigenvalue weighted by molar-refractivity contribution is 0.0398. The van der Waals surface area contributed by atoms with Crippen molar-refractivity contribution in [3.05, 3.63) is 65.7 Å². The third-order valence-electron chi connectivity index (χ3n) is 3.48. The van der Waals surface area contributed by atoms with E-state index in [9.17, 15) is 5.11 Å². The number of aliphatic hydroxyl groups is 1. The molecule has 0 aliphatic rings. The Hall–Kier alpha value is -1.33. The lowest BCUT2D eigenvalue weighted by Crippen LogP contribution is -2.21. The van der Waals surface area contributed by atoms with E-state index in [0.29, 0.717) is 25.0 Å². The molecule has 4 heteroatoms. The van der Waals surface area contributed by atoms with Crippen molar-refractivity contribution in [1.29, 1.82) is 0 Å². The summed E-state index contributed by atoms with van der Waals surface area (Å²) in [7, 11) is 0. The van der Waals surface area contributed by atoms with Crippen LogP contribution in [0.5, 0.6) is 0 Å². The number of benzene rings is 2. The van der Waals surface area contributed by atoms with Crippen LogP contribution in [0.2, 0.25) is 0 Å². The normalized spacial score (nSPS) is 12.5. The molecule has 0 fully saturated rings. The van der Waals surface area contributed by atoms with Gasteiger partial charge >= 0.3 is 0 Å². The zero-order valence-corrected chi connectivity index (χ0v) is 15.3. The minimum absolute atomic E-state index is 0.358. The lowest BCUT2D eigenvalue weighted by Gasteiger charge is -2.12. The summed E-state index contributed by atoms with van der Waals surface area (Å²) in [4.78, 5) is 1.18. The van der Waals surface area contributed by atoms with Crippen molar-refractivity contribution in [3.63, 3.8) is 0 Å². The fraction of sp³-hybridized carbons (Fsp3) is 0.400. The Morgan fingerprint density at radius 2 is 1.79 bits per heavy atom. The fourth-order valence-corrected chi connectivity index (χ4v) is 3.09. The number of nitrogens with one attached hydrogen (secondary N) is 1. The topological polar surface area (TPSA) is 41.5 Å². The standard InChI is InChI=1S/C20H27NO2S/c1-16(2)21-12-18-9-6-10-20(11-18)24-15-19(22)14-23-13-17-7-4-3-5-8-17/h3-11,16,19,21-22H,12-15H2,1-2H3.